The van der Waals surface area contributed by atoms with Gasteiger partial charge < -0.3 is 14.2 Å². The second kappa shape index (κ2) is 10.4. The molecule has 15 heavy (non-hydrogen) atoms. The SMILES string of the molecule is C.COCC(C)OCC(C)OCC(C)C. The van der Waals surface area contributed by atoms with E-state index in [1.807, 2.05) is 13.8 Å². The van der Waals surface area contributed by atoms with Crippen molar-refractivity contribution in [1.82, 2.24) is 0 Å². The van der Waals surface area contributed by atoms with Gasteiger partial charge in [0.25, 0.3) is 0 Å². The molecule has 2 unspecified atom stereocenters. The molecular weight excluding hydrogens is 192 g/mol. The largest absolute Gasteiger partial charge is 0.382 e. The first-order chi connectivity index (χ1) is 6.56. The normalized spacial score (nSPS) is 14.8. The van der Waals surface area contributed by atoms with Crippen LogP contribution >= 0.6 is 0 Å². The fourth-order valence-electron chi connectivity index (χ4n) is 0.987. The lowest BCUT2D eigenvalue weighted by Crippen LogP contribution is -2.24. The highest BCUT2D eigenvalue weighted by Gasteiger charge is 2.07. The average molecular weight is 220 g/mol. The first-order valence-corrected chi connectivity index (χ1v) is 5.28. The highest BCUT2D eigenvalue weighted by molar-refractivity contribution is 4.53. The van der Waals surface area contributed by atoms with Crippen molar-refractivity contribution in [3.05, 3.63) is 0 Å². The molecule has 3 heteroatoms. The van der Waals surface area contributed by atoms with Crippen molar-refractivity contribution in [2.45, 2.75) is 47.3 Å². The van der Waals surface area contributed by atoms with Crippen molar-refractivity contribution in [2.75, 3.05) is 26.9 Å². The molecule has 0 amide bonds. The molecule has 2 atom stereocenters. The van der Waals surface area contributed by atoms with E-state index >= 15 is 0 Å². The summed E-state index contributed by atoms with van der Waals surface area (Å²) in [5.74, 6) is 0.578. The predicted octanol–water partition coefficient (Wildman–Crippen LogP) is 2.74. The predicted molar refractivity (Wildman–Crippen MR) is 64.3 cm³/mol. The number of ether oxygens (including phenoxy) is 3. The summed E-state index contributed by atoms with van der Waals surface area (Å²) < 4.78 is 16.1. The molecule has 0 aromatic heterocycles. The van der Waals surface area contributed by atoms with Gasteiger partial charge in [0.05, 0.1) is 25.4 Å². The Bertz CT molecular complexity index is 126. The van der Waals surface area contributed by atoms with E-state index in [4.69, 9.17) is 14.2 Å². The Morgan fingerprint density at radius 1 is 0.800 bits per heavy atom. The van der Waals surface area contributed by atoms with E-state index < -0.39 is 0 Å². The van der Waals surface area contributed by atoms with Gasteiger partial charge in [0.2, 0.25) is 0 Å². The zero-order valence-corrected chi connectivity index (χ0v) is 10.1. The minimum Gasteiger partial charge on any atom is -0.382 e. The van der Waals surface area contributed by atoms with Crippen LogP contribution in [0.5, 0.6) is 0 Å². The Labute approximate surface area is 95.1 Å². The van der Waals surface area contributed by atoms with Gasteiger partial charge in [-0.1, -0.05) is 21.3 Å². The first kappa shape index (κ1) is 17.3. The quantitative estimate of drug-likeness (QED) is 0.629. The highest BCUT2D eigenvalue weighted by atomic mass is 16.6. The monoisotopic (exact) mass is 220 g/mol. The van der Waals surface area contributed by atoms with Gasteiger partial charge >= 0.3 is 0 Å². The highest BCUT2D eigenvalue weighted by Crippen LogP contribution is 2.00. The minimum atomic E-state index is 0. The van der Waals surface area contributed by atoms with Crippen LogP contribution in [0.4, 0.5) is 0 Å². The molecular formula is C12H28O3. The van der Waals surface area contributed by atoms with E-state index in [9.17, 15) is 0 Å². The van der Waals surface area contributed by atoms with Gasteiger partial charge in [0.15, 0.2) is 0 Å². The Kier molecular flexibility index (Phi) is 12.0. The van der Waals surface area contributed by atoms with Crippen LogP contribution in [0, 0.1) is 5.92 Å². The molecule has 0 N–H and O–H groups in total. The summed E-state index contributed by atoms with van der Waals surface area (Å²) in [7, 11) is 1.68. The molecule has 0 saturated carbocycles. The van der Waals surface area contributed by atoms with Gasteiger partial charge in [-0.05, 0) is 19.8 Å². The zero-order valence-electron chi connectivity index (χ0n) is 10.1. The van der Waals surface area contributed by atoms with Crippen LogP contribution in [-0.2, 0) is 14.2 Å². The Morgan fingerprint density at radius 3 is 1.73 bits per heavy atom. The average Bonchev–Trinajstić information content (AvgIpc) is 2.12. The summed E-state index contributed by atoms with van der Waals surface area (Å²) in [6, 6.07) is 0. The van der Waals surface area contributed by atoms with E-state index in [-0.39, 0.29) is 19.6 Å². The van der Waals surface area contributed by atoms with E-state index in [1.165, 1.54) is 0 Å². The standard InChI is InChI=1S/C11H24O3.CH4/c1-9(2)6-13-11(4)8-14-10(3)7-12-5;/h9-11H,6-8H2,1-5H3;1H4. The fourth-order valence-corrected chi connectivity index (χ4v) is 0.987. The first-order valence-electron chi connectivity index (χ1n) is 5.28. The number of rotatable bonds is 8. The molecule has 0 saturated heterocycles. The molecule has 0 spiro atoms. The maximum Gasteiger partial charge on any atom is 0.0781 e. The third kappa shape index (κ3) is 11.8. The molecule has 0 heterocycles. The Morgan fingerprint density at radius 2 is 1.27 bits per heavy atom. The van der Waals surface area contributed by atoms with Gasteiger partial charge in [-0.15, -0.1) is 0 Å². The Hall–Kier alpha value is -0.120. The third-order valence-electron chi connectivity index (χ3n) is 1.73. The second-order valence-corrected chi connectivity index (χ2v) is 4.14. The molecule has 94 valence electrons. The molecule has 0 aromatic carbocycles. The van der Waals surface area contributed by atoms with Crippen LogP contribution < -0.4 is 0 Å². The van der Waals surface area contributed by atoms with Crippen LogP contribution in [0.25, 0.3) is 0 Å². The molecule has 0 aromatic rings. The second-order valence-electron chi connectivity index (χ2n) is 4.14. The van der Waals surface area contributed by atoms with Crippen LogP contribution in [0.2, 0.25) is 0 Å². The van der Waals surface area contributed by atoms with Crippen LogP contribution in [0.3, 0.4) is 0 Å². The van der Waals surface area contributed by atoms with Crippen molar-refractivity contribution in [1.29, 1.82) is 0 Å². The van der Waals surface area contributed by atoms with Crippen LogP contribution in [-0.4, -0.2) is 39.1 Å². The Balaban J connectivity index is 0. The lowest BCUT2D eigenvalue weighted by Gasteiger charge is -2.18. The van der Waals surface area contributed by atoms with Crippen molar-refractivity contribution in [3.63, 3.8) is 0 Å². The van der Waals surface area contributed by atoms with Crippen molar-refractivity contribution in [2.24, 2.45) is 5.92 Å². The minimum absolute atomic E-state index is 0. The number of methoxy groups -OCH3 is 1. The summed E-state index contributed by atoms with van der Waals surface area (Å²) in [5, 5.41) is 0. The van der Waals surface area contributed by atoms with Crippen LogP contribution in [0.15, 0.2) is 0 Å². The van der Waals surface area contributed by atoms with Crippen molar-refractivity contribution < 1.29 is 14.2 Å². The smallest absolute Gasteiger partial charge is 0.0781 e. The summed E-state index contributed by atoms with van der Waals surface area (Å²) >= 11 is 0. The summed E-state index contributed by atoms with van der Waals surface area (Å²) in [4.78, 5) is 0. The van der Waals surface area contributed by atoms with Gasteiger partial charge in [0.1, 0.15) is 0 Å². The summed E-state index contributed by atoms with van der Waals surface area (Å²) in [5.41, 5.74) is 0. The topological polar surface area (TPSA) is 27.7 Å². The molecule has 0 bridgehead atoms. The van der Waals surface area contributed by atoms with E-state index in [1.54, 1.807) is 7.11 Å². The summed E-state index contributed by atoms with van der Waals surface area (Å²) in [6.45, 7) is 10.4. The molecule has 0 aliphatic carbocycles. The number of hydrogen-bond donors (Lipinski definition) is 0. The lowest BCUT2D eigenvalue weighted by molar-refractivity contribution is -0.0556. The third-order valence-corrected chi connectivity index (χ3v) is 1.73. The molecule has 0 aliphatic rings. The molecule has 3 nitrogen and oxygen atoms in total. The van der Waals surface area contributed by atoms with E-state index in [0.717, 1.165) is 6.61 Å². The van der Waals surface area contributed by atoms with Crippen LogP contribution in [0.1, 0.15) is 35.1 Å². The molecule has 0 radical (unpaired) electrons. The summed E-state index contributed by atoms with van der Waals surface area (Å²) in [6.07, 6.45) is 0.307. The van der Waals surface area contributed by atoms with Gasteiger partial charge in [-0.25, -0.2) is 0 Å². The number of hydrogen-bond acceptors (Lipinski definition) is 3. The fraction of sp³-hybridized carbons (Fsp3) is 1.00. The maximum atomic E-state index is 5.57. The molecule has 0 aliphatic heterocycles. The molecule has 0 fully saturated rings. The van der Waals surface area contributed by atoms with Gasteiger partial charge in [-0.2, -0.15) is 0 Å². The van der Waals surface area contributed by atoms with Crippen molar-refractivity contribution >= 4 is 0 Å². The maximum absolute atomic E-state index is 5.57. The van der Waals surface area contributed by atoms with E-state index in [0.29, 0.717) is 19.1 Å². The molecule has 0 rings (SSSR count). The van der Waals surface area contributed by atoms with Crippen molar-refractivity contribution in [3.8, 4) is 0 Å². The van der Waals surface area contributed by atoms with E-state index in [2.05, 4.69) is 13.8 Å². The van der Waals surface area contributed by atoms with Gasteiger partial charge in [-0.3, -0.25) is 0 Å². The lowest BCUT2D eigenvalue weighted by atomic mass is 10.2. The zero-order chi connectivity index (χ0) is 11.0. The van der Waals surface area contributed by atoms with Gasteiger partial charge in [0, 0.05) is 13.7 Å².